The van der Waals surface area contributed by atoms with Gasteiger partial charge in [-0.1, -0.05) is 12.1 Å². The van der Waals surface area contributed by atoms with Crippen LogP contribution in [0.3, 0.4) is 0 Å². The number of nitro benzene ring substituents is 1. The van der Waals surface area contributed by atoms with Crippen molar-refractivity contribution in [3.63, 3.8) is 0 Å². The van der Waals surface area contributed by atoms with E-state index < -0.39 is 14.9 Å². The van der Waals surface area contributed by atoms with E-state index in [1.165, 1.54) is 16.4 Å². The molecule has 20 heavy (non-hydrogen) atoms. The fraction of sp³-hybridized carbons (Fsp3) is 0.500. The standard InChI is InChI=1S/C12H17N3O4S/c1-9-4-3-5-11(15(16)17)12(9)20(18,19)14-7-6-10(8-14)13-2/h3-5,10,13H,6-8H2,1-2H3. The minimum Gasteiger partial charge on any atom is -0.316 e. The van der Waals surface area contributed by atoms with Crippen LogP contribution in [0, 0.1) is 17.0 Å². The quantitative estimate of drug-likeness (QED) is 0.658. The van der Waals surface area contributed by atoms with E-state index >= 15 is 0 Å². The Hall–Kier alpha value is -1.51. The molecular weight excluding hydrogens is 282 g/mol. The summed E-state index contributed by atoms with van der Waals surface area (Å²) in [5, 5.41) is 14.1. The number of nitrogens with zero attached hydrogens (tertiary/aromatic N) is 2. The van der Waals surface area contributed by atoms with Gasteiger partial charge in [0.1, 0.15) is 0 Å². The van der Waals surface area contributed by atoms with Crippen LogP contribution in [0.25, 0.3) is 0 Å². The number of nitrogens with one attached hydrogen (secondary N) is 1. The second kappa shape index (κ2) is 5.47. The highest BCUT2D eigenvalue weighted by Crippen LogP contribution is 2.31. The molecule has 1 aromatic carbocycles. The summed E-state index contributed by atoms with van der Waals surface area (Å²) in [6, 6.07) is 4.39. The van der Waals surface area contributed by atoms with Crippen LogP contribution in [0.5, 0.6) is 0 Å². The average molecular weight is 299 g/mol. The SMILES string of the molecule is CNC1CCN(S(=O)(=O)c2c(C)cccc2[N+](=O)[O-])C1. The Labute approximate surface area is 117 Å². The van der Waals surface area contributed by atoms with Crippen LogP contribution in [0.1, 0.15) is 12.0 Å². The Kier molecular flexibility index (Phi) is 4.07. The van der Waals surface area contributed by atoms with Gasteiger partial charge in [0.2, 0.25) is 10.0 Å². The van der Waals surface area contributed by atoms with E-state index in [4.69, 9.17) is 0 Å². The van der Waals surface area contributed by atoms with E-state index in [9.17, 15) is 18.5 Å². The molecule has 1 aromatic rings. The first-order valence-electron chi connectivity index (χ1n) is 6.29. The highest BCUT2D eigenvalue weighted by atomic mass is 32.2. The number of rotatable bonds is 4. The third-order valence-corrected chi connectivity index (χ3v) is 5.60. The second-order valence-electron chi connectivity index (χ2n) is 4.82. The molecule has 0 amide bonds. The van der Waals surface area contributed by atoms with Crippen LogP contribution in [-0.4, -0.2) is 43.8 Å². The van der Waals surface area contributed by atoms with Crippen LogP contribution >= 0.6 is 0 Å². The molecule has 1 N–H and O–H groups in total. The van der Waals surface area contributed by atoms with Crippen LogP contribution in [0.2, 0.25) is 0 Å². The van der Waals surface area contributed by atoms with Crippen molar-refractivity contribution in [3.8, 4) is 0 Å². The number of sulfonamides is 1. The van der Waals surface area contributed by atoms with Crippen LogP contribution < -0.4 is 5.32 Å². The van der Waals surface area contributed by atoms with E-state index in [0.29, 0.717) is 25.1 Å². The zero-order valence-corrected chi connectivity index (χ0v) is 12.2. The molecule has 2 rings (SSSR count). The first-order valence-corrected chi connectivity index (χ1v) is 7.73. The number of benzene rings is 1. The summed E-state index contributed by atoms with van der Waals surface area (Å²) in [4.78, 5) is 10.2. The molecule has 0 bridgehead atoms. The molecule has 0 aromatic heterocycles. The average Bonchev–Trinajstić information content (AvgIpc) is 2.87. The molecule has 0 spiro atoms. The van der Waals surface area contributed by atoms with E-state index in [-0.39, 0.29) is 16.6 Å². The van der Waals surface area contributed by atoms with Crippen molar-refractivity contribution in [2.45, 2.75) is 24.3 Å². The van der Waals surface area contributed by atoms with Crippen molar-refractivity contribution in [1.29, 1.82) is 0 Å². The zero-order valence-electron chi connectivity index (χ0n) is 11.4. The largest absolute Gasteiger partial charge is 0.316 e. The van der Waals surface area contributed by atoms with E-state index in [1.807, 2.05) is 0 Å². The second-order valence-corrected chi connectivity index (χ2v) is 6.69. The van der Waals surface area contributed by atoms with Gasteiger partial charge in [-0.3, -0.25) is 10.1 Å². The molecular formula is C12H17N3O4S. The van der Waals surface area contributed by atoms with E-state index in [1.54, 1.807) is 20.0 Å². The molecule has 1 aliphatic heterocycles. The van der Waals surface area contributed by atoms with Gasteiger partial charge in [0, 0.05) is 25.2 Å². The minimum absolute atomic E-state index is 0.0906. The fourth-order valence-electron chi connectivity index (χ4n) is 2.43. The highest BCUT2D eigenvalue weighted by Gasteiger charge is 2.37. The van der Waals surface area contributed by atoms with Gasteiger partial charge in [-0.2, -0.15) is 4.31 Å². The summed E-state index contributed by atoms with van der Waals surface area (Å²) in [6.45, 7) is 2.29. The lowest BCUT2D eigenvalue weighted by molar-refractivity contribution is -0.387. The first-order chi connectivity index (χ1) is 9.37. The smallest absolute Gasteiger partial charge is 0.289 e. The Balaban J connectivity index is 2.48. The molecule has 110 valence electrons. The Morgan fingerprint density at radius 2 is 2.15 bits per heavy atom. The van der Waals surface area contributed by atoms with Crippen LogP contribution in [0.4, 0.5) is 5.69 Å². The van der Waals surface area contributed by atoms with Crippen molar-refractivity contribution in [2.75, 3.05) is 20.1 Å². The third-order valence-electron chi connectivity index (χ3n) is 3.54. The normalized spacial score (nSPS) is 20.2. The number of nitro groups is 1. The van der Waals surface area contributed by atoms with Gasteiger partial charge in [0.25, 0.3) is 5.69 Å². The summed E-state index contributed by atoms with van der Waals surface area (Å²) >= 11 is 0. The monoisotopic (exact) mass is 299 g/mol. The maximum Gasteiger partial charge on any atom is 0.289 e. The zero-order chi connectivity index (χ0) is 14.9. The Morgan fingerprint density at radius 1 is 1.45 bits per heavy atom. The summed E-state index contributed by atoms with van der Waals surface area (Å²) in [7, 11) is -2.06. The van der Waals surface area contributed by atoms with Gasteiger partial charge in [0.05, 0.1) is 4.92 Å². The number of aryl methyl sites for hydroxylation is 1. The van der Waals surface area contributed by atoms with Gasteiger partial charge in [0.15, 0.2) is 4.90 Å². The molecule has 7 nitrogen and oxygen atoms in total. The molecule has 0 radical (unpaired) electrons. The molecule has 1 unspecified atom stereocenters. The molecule has 1 aliphatic rings. The van der Waals surface area contributed by atoms with Gasteiger partial charge >= 0.3 is 0 Å². The fourth-order valence-corrected chi connectivity index (χ4v) is 4.29. The van der Waals surface area contributed by atoms with Crippen LogP contribution in [0.15, 0.2) is 23.1 Å². The molecule has 1 atom stereocenters. The Bertz CT molecular complexity index is 630. The molecule has 8 heteroatoms. The lowest BCUT2D eigenvalue weighted by atomic mass is 10.2. The number of hydrogen-bond acceptors (Lipinski definition) is 5. The summed E-state index contributed by atoms with van der Waals surface area (Å²) in [5.74, 6) is 0. The van der Waals surface area contributed by atoms with Crippen LogP contribution in [-0.2, 0) is 10.0 Å². The molecule has 1 fully saturated rings. The van der Waals surface area contributed by atoms with Crippen molar-refractivity contribution in [1.82, 2.24) is 9.62 Å². The topological polar surface area (TPSA) is 92.6 Å². The third kappa shape index (κ3) is 2.54. The van der Waals surface area contributed by atoms with E-state index in [2.05, 4.69) is 5.32 Å². The lowest BCUT2D eigenvalue weighted by Crippen LogP contribution is -2.34. The van der Waals surface area contributed by atoms with Crippen molar-refractivity contribution in [2.24, 2.45) is 0 Å². The summed E-state index contributed by atoms with van der Waals surface area (Å²) in [6.07, 6.45) is 0.704. The van der Waals surface area contributed by atoms with Gasteiger partial charge < -0.3 is 5.32 Å². The van der Waals surface area contributed by atoms with Crippen molar-refractivity contribution >= 4 is 15.7 Å². The predicted octanol–water partition coefficient (Wildman–Crippen LogP) is 0.886. The predicted molar refractivity (Wildman–Crippen MR) is 74.1 cm³/mol. The van der Waals surface area contributed by atoms with Crippen molar-refractivity contribution < 1.29 is 13.3 Å². The van der Waals surface area contributed by atoms with E-state index in [0.717, 1.165) is 0 Å². The summed E-state index contributed by atoms with van der Waals surface area (Å²) in [5.41, 5.74) is 0.0324. The Morgan fingerprint density at radius 3 is 2.70 bits per heavy atom. The lowest BCUT2D eigenvalue weighted by Gasteiger charge is -2.17. The first kappa shape index (κ1) is 14.9. The summed E-state index contributed by atoms with van der Waals surface area (Å²) < 4.78 is 26.6. The van der Waals surface area contributed by atoms with Crippen molar-refractivity contribution in [3.05, 3.63) is 33.9 Å². The molecule has 1 saturated heterocycles. The maximum atomic E-state index is 12.6. The molecule has 0 saturated carbocycles. The highest BCUT2D eigenvalue weighted by molar-refractivity contribution is 7.89. The number of likely N-dealkylation sites (N-methyl/N-ethyl adjacent to an activating group) is 1. The molecule has 1 heterocycles. The molecule has 0 aliphatic carbocycles. The van der Waals surface area contributed by atoms with Gasteiger partial charge in [-0.25, -0.2) is 8.42 Å². The number of hydrogen-bond donors (Lipinski definition) is 1. The minimum atomic E-state index is -3.84. The van der Waals surface area contributed by atoms with Gasteiger partial charge in [-0.05, 0) is 26.0 Å². The van der Waals surface area contributed by atoms with Gasteiger partial charge in [-0.15, -0.1) is 0 Å². The maximum absolute atomic E-state index is 12.6.